The standard InChI is InChI=1S/C27H29F2N11O3S/c1-31-21(34-36(2)3)15-43-20-14-18(16(28)13-17(20)29)38-9-6-37(7-10-38)8-11-39-24-22(44-27(39)41)25-32-23(19-5-4-12-42-19)35-40(25)26(30)33-24/h4-5,12-14H,1,6-11,15H2,2-3H3,(H2,30,33)/b34-21-. The minimum Gasteiger partial charge on any atom is -0.482 e. The second-order valence-electron chi connectivity index (χ2n) is 10.2. The van der Waals surface area contributed by atoms with Crippen LogP contribution in [0.3, 0.4) is 0 Å². The first-order valence-electron chi connectivity index (χ1n) is 13.6. The van der Waals surface area contributed by atoms with Gasteiger partial charge in [-0.25, -0.2) is 18.8 Å². The molecule has 1 fully saturated rings. The number of hydrogen-bond donors (Lipinski definition) is 1. The van der Waals surface area contributed by atoms with Gasteiger partial charge in [0.25, 0.3) is 0 Å². The number of hydrogen-bond acceptors (Lipinski definition) is 12. The lowest BCUT2D eigenvalue weighted by molar-refractivity contribution is 0.248. The van der Waals surface area contributed by atoms with Gasteiger partial charge in [-0.15, -0.1) is 5.10 Å². The molecule has 6 rings (SSSR count). The Balaban J connectivity index is 1.13. The molecule has 5 heterocycles. The topological polar surface area (TPSA) is 148 Å². The van der Waals surface area contributed by atoms with Crippen LogP contribution in [0.1, 0.15) is 0 Å². The normalized spacial score (nSPS) is 14.5. The molecule has 0 saturated carbocycles. The van der Waals surface area contributed by atoms with Crippen LogP contribution in [0.25, 0.3) is 27.6 Å². The van der Waals surface area contributed by atoms with Crippen molar-refractivity contribution < 1.29 is 17.9 Å². The highest BCUT2D eigenvalue weighted by atomic mass is 32.1. The largest absolute Gasteiger partial charge is 0.482 e. The van der Waals surface area contributed by atoms with Gasteiger partial charge < -0.3 is 24.8 Å². The average Bonchev–Trinajstić information content (AvgIpc) is 3.75. The van der Waals surface area contributed by atoms with Gasteiger partial charge >= 0.3 is 4.87 Å². The number of furan rings is 1. The molecule has 5 aromatic rings. The van der Waals surface area contributed by atoms with Gasteiger partial charge in [-0.1, -0.05) is 11.3 Å². The number of hydrazone groups is 1. The molecule has 0 unspecified atom stereocenters. The molecule has 0 spiro atoms. The van der Waals surface area contributed by atoms with Crippen LogP contribution in [0.15, 0.2) is 49.8 Å². The highest BCUT2D eigenvalue weighted by Gasteiger charge is 2.24. The number of fused-ring (bicyclic) bond motifs is 3. The van der Waals surface area contributed by atoms with Crippen LogP contribution in [0, 0.1) is 11.6 Å². The maximum Gasteiger partial charge on any atom is 0.309 e. The minimum atomic E-state index is -0.818. The Morgan fingerprint density at radius 2 is 1.95 bits per heavy atom. The lowest BCUT2D eigenvalue weighted by Crippen LogP contribution is -2.47. The number of nitrogens with two attached hydrogens (primary N) is 1. The van der Waals surface area contributed by atoms with Crippen LogP contribution in [0.2, 0.25) is 0 Å². The number of nitrogen functional groups attached to an aromatic ring is 1. The van der Waals surface area contributed by atoms with Gasteiger partial charge in [0.05, 0.1) is 12.0 Å². The quantitative estimate of drug-likeness (QED) is 0.147. The Morgan fingerprint density at radius 1 is 1.16 bits per heavy atom. The first-order valence-corrected chi connectivity index (χ1v) is 14.4. The number of aliphatic imine (C=N–C) groups is 1. The lowest BCUT2D eigenvalue weighted by atomic mass is 10.2. The smallest absolute Gasteiger partial charge is 0.309 e. The zero-order valence-corrected chi connectivity index (χ0v) is 24.8. The van der Waals surface area contributed by atoms with E-state index in [-0.39, 0.29) is 34.7 Å². The fourth-order valence-electron chi connectivity index (χ4n) is 4.94. The summed E-state index contributed by atoms with van der Waals surface area (Å²) in [5.41, 5.74) is 7.29. The van der Waals surface area contributed by atoms with E-state index in [1.165, 1.54) is 21.9 Å². The third-order valence-electron chi connectivity index (χ3n) is 7.07. The number of aromatic nitrogens is 5. The van der Waals surface area contributed by atoms with E-state index in [2.05, 4.69) is 36.8 Å². The van der Waals surface area contributed by atoms with E-state index in [4.69, 9.17) is 14.9 Å². The molecule has 0 aliphatic carbocycles. The molecule has 1 aliphatic heterocycles. The summed E-state index contributed by atoms with van der Waals surface area (Å²) >= 11 is 1.03. The van der Waals surface area contributed by atoms with Gasteiger partial charge in [-0.2, -0.15) is 14.6 Å². The van der Waals surface area contributed by atoms with Crippen molar-refractivity contribution in [3.63, 3.8) is 0 Å². The van der Waals surface area contributed by atoms with Gasteiger partial charge in [0.1, 0.15) is 17.1 Å². The van der Waals surface area contributed by atoms with Crippen molar-refractivity contribution in [1.82, 2.24) is 34.1 Å². The number of piperazine rings is 1. The van der Waals surface area contributed by atoms with E-state index in [0.29, 0.717) is 66.8 Å². The van der Waals surface area contributed by atoms with Crippen molar-refractivity contribution >= 4 is 51.5 Å². The van der Waals surface area contributed by atoms with E-state index in [9.17, 15) is 13.6 Å². The van der Waals surface area contributed by atoms with Crippen LogP contribution in [0.5, 0.6) is 5.75 Å². The molecule has 44 heavy (non-hydrogen) atoms. The van der Waals surface area contributed by atoms with Crippen molar-refractivity contribution in [2.45, 2.75) is 6.54 Å². The van der Waals surface area contributed by atoms with E-state index < -0.39 is 11.6 Å². The first kappa shape index (κ1) is 29.2. The molecule has 230 valence electrons. The Hall–Kier alpha value is -4.90. The van der Waals surface area contributed by atoms with Crippen LogP contribution < -0.4 is 20.2 Å². The number of halogens is 2. The molecular weight excluding hydrogens is 596 g/mol. The van der Waals surface area contributed by atoms with Gasteiger partial charge in [-0.3, -0.25) is 14.3 Å². The Morgan fingerprint density at radius 3 is 2.66 bits per heavy atom. The van der Waals surface area contributed by atoms with Crippen molar-refractivity contribution in [2.24, 2.45) is 10.1 Å². The van der Waals surface area contributed by atoms with Gasteiger partial charge in [-0.05, 0) is 18.9 Å². The fourth-order valence-corrected chi connectivity index (χ4v) is 5.87. The number of thiazole rings is 1. The summed E-state index contributed by atoms with van der Waals surface area (Å²) in [7, 11) is 3.42. The van der Waals surface area contributed by atoms with E-state index in [0.717, 1.165) is 17.4 Å². The maximum absolute atomic E-state index is 14.8. The number of benzene rings is 1. The summed E-state index contributed by atoms with van der Waals surface area (Å²) in [6, 6.07) is 5.64. The number of rotatable bonds is 9. The molecule has 0 atom stereocenters. The second kappa shape index (κ2) is 12.0. The van der Waals surface area contributed by atoms with E-state index in [1.807, 2.05) is 4.90 Å². The number of anilines is 2. The Kier molecular flexibility index (Phi) is 7.96. The number of ether oxygens (including phenoxy) is 1. The zero-order chi connectivity index (χ0) is 31.0. The van der Waals surface area contributed by atoms with E-state index >= 15 is 0 Å². The molecule has 2 N–H and O–H groups in total. The van der Waals surface area contributed by atoms with Crippen molar-refractivity contribution in [1.29, 1.82) is 0 Å². The van der Waals surface area contributed by atoms with Crippen molar-refractivity contribution in [3.05, 3.63) is 51.8 Å². The van der Waals surface area contributed by atoms with Crippen molar-refractivity contribution in [3.8, 4) is 17.3 Å². The molecule has 0 bridgehead atoms. The molecule has 0 radical (unpaired) electrons. The summed E-state index contributed by atoms with van der Waals surface area (Å²) in [6.45, 7) is 6.43. The summed E-state index contributed by atoms with van der Waals surface area (Å²) in [4.78, 5) is 29.6. The number of nitrogens with zero attached hydrogens (tertiary/aromatic N) is 10. The zero-order valence-electron chi connectivity index (χ0n) is 24.0. The molecule has 0 amide bonds. The molecule has 1 aliphatic rings. The lowest BCUT2D eigenvalue weighted by Gasteiger charge is -2.36. The molecule has 17 heteroatoms. The van der Waals surface area contributed by atoms with Crippen LogP contribution in [-0.4, -0.2) is 100 Å². The van der Waals surface area contributed by atoms with Crippen molar-refractivity contribution in [2.75, 3.05) is 64.1 Å². The van der Waals surface area contributed by atoms with Crippen LogP contribution in [-0.2, 0) is 6.54 Å². The Labute approximate surface area is 253 Å². The molecule has 1 saturated heterocycles. The third kappa shape index (κ3) is 5.70. The summed E-state index contributed by atoms with van der Waals surface area (Å²) in [5, 5.41) is 10.0. The SMILES string of the molecule is C=N/C(COc1cc(N2CCN(CCn3c(=O)sc4c3nc(N)n3nc(-c5ccco5)nc43)CC2)c(F)cc1F)=N\N(C)C. The molecule has 14 nitrogen and oxygen atoms in total. The predicted molar refractivity (Wildman–Crippen MR) is 164 cm³/mol. The highest BCUT2D eigenvalue weighted by Crippen LogP contribution is 2.30. The minimum absolute atomic E-state index is 0.101. The molecule has 1 aromatic carbocycles. The number of amidine groups is 1. The average molecular weight is 626 g/mol. The molecule has 4 aromatic heterocycles. The van der Waals surface area contributed by atoms with Crippen LogP contribution in [0.4, 0.5) is 20.4 Å². The predicted octanol–water partition coefficient (Wildman–Crippen LogP) is 2.40. The second-order valence-corrected chi connectivity index (χ2v) is 11.1. The van der Waals surface area contributed by atoms with E-state index in [1.54, 1.807) is 30.8 Å². The van der Waals surface area contributed by atoms with Crippen LogP contribution >= 0.6 is 11.3 Å². The summed E-state index contributed by atoms with van der Waals surface area (Å²) in [6.07, 6.45) is 1.52. The summed E-state index contributed by atoms with van der Waals surface area (Å²) < 4.78 is 43.8. The Bertz CT molecular complexity index is 1910. The van der Waals surface area contributed by atoms with Gasteiger partial charge in [0, 0.05) is 65.5 Å². The van der Waals surface area contributed by atoms with Gasteiger partial charge in [0.15, 0.2) is 34.5 Å². The summed E-state index contributed by atoms with van der Waals surface area (Å²) in [5.74, 6) is -0.422. The third-order valence-corrected chi connectivity index (χ3v) is 8.03. The molecular formula is C27H29F2N11O3S. The highest BCUT2D eigenvalue weighted by molar-refractivity contribution is 7.17. The monoisotopic (exact) mass is 625 g/mol. The van der Waals surface area contributed by atoms with Gasteiger partial charge in [0.2, 0.25) is 11.8 Å². The maximum atomic E-state index is 14.8. The fraction of sp³-hybridized carbons (Fsp3) is 0.333. The first-order chi connectivity index (χ1) is 21.2.